The highest BCUT2D eigenvalue weighted by molar-refractivity contribution is 6.02. The number of rotatable bonds is 5. The lowest BCUT2D eigenvalue weighted by molar-refractivity contribution is -0.125. The molecule has 128 valence electrons. The molecule has 0 atom stereocenters. The Balaban J connectivity index is 1.71. The molecule has 0 spiro atoms. The van der Waals surface area contributed by atoms with Gasteiger partial charge in [0.2, 0.25) is 5.91 Å². The van der Waals surface area contributed by atoms with Crippen molar-refractivity contribution in [2.24, 2.45) is 5.41 Å². The van der Waals surface area contributed by atoms with E-state index in [0.29, 0.717) is 12.3 Å². The summed E-state index contributed by atoms with van der Waals surface area (Å²) in [6.45, 7) is 6.06. The van der Waals surface area contributed by atoms with Crippen LogP contribution in [-0.2, 0) is 4.79 Å². The molecule has 1 N–H and O–H groups in total. The van der Waals surface area contributed by atoms with E-state index in [1.54, 1.807) is 6.20 Å². The Kier molecular flexibility index (Phi) is 4.70. The van der Waals surface area contributed by atoms with E-state index >= 15 is 0 Å². The molecule has 0 aliphatic carbocycles. The number of fused-ring (bicyclic) bond motifs is 1. The average Bonchev–Trinajstić information content (AvgIpc) is 2.61. The summed E-state index contributed by atoms with van der Waals surface area (Å²) in [6.07, 6.45) is 1.73. The Morgan fingerprint density at radius 2 is 1.80 bits per heavy atom. The number of para-hydroxylation sites is 1. The first kappa shape index (κ1) is 17.0. The van der Waals surface area contributed by atoms with Gasteiger partial charge in [0.1, 0.15) is 12.4 Å². The maximum absolute atomic E-state index is 12.7. The van der Waals surface area contributed by atoms with Gasteiger partial charge in [-0.2, -0.15) is 0 Å². The quantitative estimate of drug-likeness (QED) is 0.742. The zero-order chi connectivity index (χ0) is 17.9. The number of anilines is 1. The lowest BCUT2D eigenvalue weighted by Gasteiger charge is -2.24. The Hall–Kier alpha value is -2.88. The number of carbonyl (C=O) groups excluding carboxylic acids is 1. The summed E-state index contributed by atoms with van der Waals surface area (Å²) in [5.41, 5.74) is 2.00. The zero-order valence-electron chi connectivity index (χ0n) is 14.7. The number of nitrogens with zero attached hydrogens (tertiary/aromatic N) is 1. The number of aryl methyl sites for hydroxylation is 1. The number of carbonyl (C=O) groups is 1. The van der Waals surface area contributed by atoms with Crippen LogP contribution < -0.4 is 10.1 Å². The first-order valence-electron chi connectivity index (χ1n) is 8.30. The fraction of sp³-hybridized carbons (Fsp3) is 0.238. The average molecular weight is 334 g/mol. The molecule has 0 saturated carbocycles. The number of hydrogen-bond acceptors (Lipinski definition) is 3. The summed E-state index contributed by atoms with van der Waals surface area (Å²) >= 11 is 0. The molecule has 25 heavy (non-hydrogen) atoms. The van der Waals surface area contributed by atoms with Crippen LogP contribution in [0.15, 0.2) is 60.8 Å². The molecule has 1 heterocycles. The van der Waals surface area contributed by atoms with E-state index in [-0.39, 0.29) is 5.91 Å². The highest BCUT2D eigenvalue weighted by atomic mass is 16.5. The SMILES string of the molecule is Cc1ccc(OCC(C)(C)C(=O)Nc2cccc3cccnc23)cc1. The Morgan fingerprint density at radius 1 is 1.08 bits per heavy atom. The highest BCUT2D eigenvalue weighted by Gasteiger charge is 2.29. The van der Waals surface area contributed by atoms with Gasteiger partial charge >= 0.3 is 0 Å². The Labute approximate surface area is 147 Å². The molecule has 4 heteroatoms. The van der Waals surface area contributed by atoms with Crippen LogP contribution in [0.25, 0.3) is 10.9 Å². The maximum Gasteiger partial charge on any atom is 0.233 e. The van der Waals surface area contributed by atoms with Gasteiger partial charge in [-0.05, 0) is 45.0 Å². The summed E-state index contributed by atoms with van der Waals surface area (Å²) in [5.74, 6) is 0.663. The summed E-state index contributed by atoms with van der Waals surface area (Å²) < 4.78 is 5.80. The second kappa shape index (κ2) is 6.93. The normalized spacial score (nSPS) is 11.3. The van der Waals surface area contributed by atoms with Gasteiger partial charge < -0.3 is 10.1 Å². The van der Waals surface area contributed by atoms with E-state index < -0.39 is 5.41 Å². The van der Waals surface area contributed by atoms with Crippen LogP contribution in [0.2, 0.25) is 0 Å². The van der Waals surface area contributed by atoms with E-state index in [4.69, 9.17) is 4.74 Å². The number of ether oxygens (including phenoxy) is 1. The molecule has 0 unspecified atom stereocenters. The van der Waals surface area contributed by atoms with Crippen molar-refractivity contribution in [3.63, 3.8) is 0 Å². The minimum Gasteiger partial charge on any atom is -0.492 e. The lowest BCUT2D eigenvalue weighted by atomic mass is 9.93. The molecule has 4 nitrogen and oxygen atoms in total. The third-order valence-corrected chi connectivity index (χ3v) is 4.12. The molecule has 3 aromatic rings. The van der Waals surface area contributed by atoms with Gasteiger partial charge in [0.05, 0.1) is 16.6 Å². The van der Waals surface area contributed by atoms with Crippen molar-refractivity contribution in [3.05, 3.63) is 66.4 Å². The molecule has 0 radical (unpaired) electrons. The first-order chi connectivity index (χ1) is 12.0. The van der Waals surface area contributed by atoms with E-state index in [0.717, 1.165) is 16.7 Å². The van der Waals surface area contributed by atoms with Crippen LogP contribution in [0.3, 0.4) is 0 Å². The van der Waals surface area contributed by atoms with Crippen LogP contribution in [0.1, 0.15) is 19.4 Å². The van der Waals surface area contributed by atoms with Crippen LogP contribution in [-0.4, -0.2) is 17.5 Å². The molecule has 0 aliphatic heterocycles. The minimum absolute atomic E-state index is 0.0993. The second-order valence-electron chi connectivity index (χ2n) is 6.82. The molecule has 0 bridgehead atoms. The predicted octanol–water partition coefficient (Wildman–Crippen LogP) is 4.59. The minimum atomic E-state index is -0.679. The van der Waals surface area contributed by atoms with Gasteiger partial charge in [-0.15, -0.1) is 0 Å². The maximum atomic E-state index is 12.7. The summed E-state index contributed by atoms with van der Waals surface area (Å²) in [6, 6.07) is 17.4. The van der Waals surface area contributed by atoms with E-state index in [1.807, 2.05) is 75.4 Å². The number of benzene rings is 2. The van der Waals surface area contributed by atoms with Gasteiger partial charge in [0.25, 0.3) is 0 Å². The number of nitrogens with one attached hydrogen (secondary N) is 1. The number of pyridine rings is 1. The van der Waals surface area contributed by atoms with Crippen LogP contribution in [0.4, 0.5) is 5.69 Å². The monoisotopic (exact) mass is 334 g/mol. The summed E-state index contributed by atoms with van der Waals surface area (Å²) in [4.78, 5) is 17.1. The van der Waals surface area contributed by atoms with E-state index in [1.165, 1.54) is 5.56 Å². The van der Waals surface area contributed by atoms with E-state index in [9.17, 15) is 4.79 Å². The Morgan fingerprint density at radius 3 is 2.56 bits per heavy atom. The van der Waals surface area contributed by atoms with Crippen molar-refractivity contribution in [2.75, 3.05) is 11.9 Å². The van der Waals surface area contributed by atoms with Crippen LogP contribution in [0.5, 0.6) is 5.75 Å². The number of amides is 1. The lowest BCUT2D eigenvalue weighted by Crippen LogP contribution is -2.36. The van der Waals surface area contributed by atoms with Crippen molar-refractivity contribution in [3.8, 4) is 5.75 Å². The van der Waals surface area contributed by atoms with Crippen LogP contribution >= 0.6 is 0 Å². The van der Waals surface area contributed by atoms with Gasteiger partial charge in [-0.1, -0.05) is 35.9 Å². The van der Waals surface area contributed by atoms with Gasteiger partial charge in [0, 0.05) is 11.6 Å². The summed E-state index contributed by atoms with van der Waals surface area (Å²) in [7, 11) is 0. The van der Waals surface area contributed by atoms with E-state index in [2.05, 4.69) is 10.3 Å². The van der Waals surface area contributed by atoms with Crippen molar-refractivity contribution in [2.45, 2.75) is 20.8 Å². The Bertz CT molecular complexity index is 881. The fourth-order valence-electron chi connectivity index (χ4n) is 2.46. The molecule has 3 rings (SSSR count). The summed E-state index contributed by atoms with van der Waals surface area (Å²) in [5, 5.41) is 3.98. The number of hydrogen-bond donors (Lipinski definition) is 1. The molecular formula is C21H22N2O2. The van der Waals surface area contributed by atoms with Crippen LogP contribution in [0, 0.1) is 12.3 Å². The fourth-order valence-corrected chi connectivity index (χ4v) is 2.46. The molecule has 2 aromatic carbocycles. The van der Waals surface area contributed by atoms with Crippen molar-refractivity contribution in [1.82, 2.24) is 4.98 Å². The largest absolute Gasteiger partial charge is 0.492 e. The molecule has 0 fully saturated rings. The predicted molar refractivity (Wildman–Crippen MR) is 101 cm³/mol. The molecule has 1 amide bonds. The van der Waals surface area contributed by atoms with Gasteiger partial charge in [-0.3, -0.25) is 9.78 Å². The highest BCUT2D eigenvalue weighted by Crippen LogP contribution is 2.25. The van der Waals surface area contributed by atoms with Crippen molar-refractivity contribution in [1.29, 1.82) is 0 Å². The third-order valence-electron chi connectivity index (χ3n) is 4.12. The smallest absolute Gasteiger partial charge is 0.233 e. The molecule has 0 aliphatic rings. The third kappa shape index (κ3) is 3.97. The topological polar surface area (TPSA) is 51.2 Å². The molecule has 0 saturated heterocycles. The molecular weight excluding hydrogens is 312 g/mol. The van der Waals surface area contributed by atoms with Crippen molar-refractivity contribution < 1.29 is 9.53 Å². The van der Waals surface area contributed by atoms with Gasteiger partial charge in [0.15, 0.2) is 0 Å². The molecule has 1 aromatic heterocycles. The second-order valence-corrected chi connectivity index (χ2v) is 6.82. The first-order valence-corrected chi connectivity index (χ1v) is 8.30. The number of aromatic nitrogens is 1. The van der Waals surface area contributed by atoms with Gasteiger partial charge in [-0.25, -0.2) is 0 Å². The zero-order valence-corrected chi connectivity index (χ0v) is 14.7. The standard InChI is InChI=1S/C21H22N2O2/c1-15-9-11-17(12-10-15)25-14-21(2,3)20(24)23-18-8-4-6-16-7-5-13-22-19(16)18/h4-13H,14H2,1-3H3,(H,23,24). The van der Waals surface area contributed by atoms with Crippen molar-refractivity contribution >= 4 is 22.5 Å².